The first-order valence-electron chi connectivity index (χ1n) is 10.9. The van der Waals surface area contributed by atoms with Gasteiger partial charge in [0.15, 0.2) is 0 Å². The highest BCUT2D eigenvalue weighted by Gasteiger charge is 2.28. The molecule has 9 heteroatoms. The Hall–Kier alpha value is -2.92. The number of sulfonamides is 1. The number of carbonyl (C=O) groups excluding carboxylic acids is 2. The molecule has 3 aromatic carbocycles. The highest BCUT2D eigenvalue weighted by molar-refractivity contribution is 14.1. The molecule has 1 fully saturated rings. The number of hydrogen-bond donors (Lipinski definition) is 1. The summed E-state index contributed by atoms with van der Waals surface area (Å²) in [7, 11) is -4.00. The second kappa shape index (κ2) is 10.6. The maximum atomic E-state index is 13.4. The van der Waals surface area contributed by atoms with Crippen LogP contribution in [-0.2, 0) is 14.8 Å². The van der Waals surface area contributed by atoms with Crippen LogP contribution in [0, 0.1) is 3.57 Å². The van der Waals surface area contributed by atoms with E-state index in [9.17, 15) is 18.0 Å². The van der Waals surface area contributed by atoms with E-state index >= 15 is 0 Å². The first kappa shape index (κ1) is 24.2. The number of benzene rings is 3. The van der Waals surface area contributed by atoms with Crippen molar-refractivity contribution in [3.05, 3.63) is 88.0 Å². The molecule has 1 heterocycles. The third kappa shape index (κ3) is 5.41. The number of nitrogens with zero attached hydrogens (tertiary/aromatic N) is 2. The average Bonchev–Trinajstić information content (AvgIpc) is 3.39. The van der Waals surface area contributed by atoms with Gasteiger partial charge in [-0.25, -0.2) is 8.42 Å². The quantitative estimate of drug-likeness (QED) is 0.415. The first-order chi connectivity index (χ1) is 16.4. The Morgan fingerprint density at radius 2 is 1.50 bits per heavy atom. The lowest BCUT2D eigenvalue weighted by Crippen LogP contribution is -2.38. The molecule has 7 nitrogen and oxygen atoms in total. The lowest BCUT2D eigenvalue weighted by atomic mass is 10.1. The summed E-state index contributed by atoms with van der Waals surface area (Å²) in [5, 5.41) is 2.76. The molecule has 0 unspecified atom stereocenters. The molecule has 4 rings (SSSR count). The topological polar surface area (TPSA) is 86.8 Å². The van der Waals surface area contributed by atoms with Gasteiger partial charge in [-0.15, -0.1) is 0 Å². The molecule has 1 saturated heterocycles. The lowest BCUT2D eigenvalue weighted by Gasteiger charge is -2.24. The van der Waals surface area contributed by atoms with E-state index in [1.807, 2.05) is 0 Å². The molecule has 1 aliphatic heterocycles. The number of anilines is 2. The second-order valence-electron chi connectivity index (χ2n) is 7.89. The predicted octanol–water partition coefficient (Wildman–Crippen LogP) is 4.36. The minimum atomic E-state index is -4.00. The molecule has 3 aromatic rings. The molecular weight excluding hydrogens is 565 g/mol. The van der Waals surface area contributed by atoms with Crippen LogP contribution < -0.4 is 9.62 Å². The molecule has 0 spiro atoms. The van der Waals surface area contributed by atoms with Crippen molar-refractivity contribution in [2.24, 2.45) is 0 Å². The highest BCUT2D eigenvalue weighted by atomic mass is 127. The van der Waals surface area contributed by atoms with Crippen molar-refractivity contribution < 1.29 is 18.0 Å². The number of hydrogen-bond acceptors (Lipinski definition) is 4. The van der Waals surface area contributed by atoms with Gasteiger partial charge in [0, 0.05) is 16.7 Å². The summed E-state index contributed by atoms with van der Waals surface area (Å²) in [5.41, 5.74) is 1.13. The number of para-hydroxylation sites is 1. The van der Waals surface area contributed by atoms with Crippen LogP contribution in [0.5, 0.6) is 0 Å². The summed E-state index contributed by atoms with van der Waals surface area (Å²) in [4.78, 5) is 27.9. The summed E-state index contributed by atoms with van der Waals surface area (Å²) in [6.07, 6.45) is 1.92. The normalized spacial score (nSPS) is 13.5. The van der Waals surface area contributed by atoms with Gasteiger partial charge in [-0.05, 0) is 84.0 Å². The van der Waals surface area contributed by atoms with Crippen molar-refractivity contribution in [1.29, 1.82) is 0 Å². The van der Waals surface area contributed by atoms with E-state index in [1.165, 1.54) is 12.1 Å². The van der Waals surface area contributed by atoms with Gasteiger partial charge < -0.3 is 10.2 Å². The molecule has 0 atom stereocenters. The summed E-state index contributed by atoms with van der Waals surface area (Å²) < 4.78 is 28.9. The van der Waals surface area contributed by atoms with Gasteiger partial charge in [-0.1, -0.05) is 30.3 Å². The van der Waals surface area contributed by atoms with E-state index in [0.717, 1.165) is 20.7 Å². The molecule has 2 amide bonds. The Morgan fingerprint density at radius 3 is 2.18 bits per heavy atom. The summed E-state index contributed by atoms with van der Waals surface area (Å²) in [5.74, 6) is -0.681. The summed E-state index contributed by atoms with van der Waals surface area (Å²) >= 11 is 2.14. The van der Waals surface area contributed by atoms with Crippen molar-refractivity contribution in [3.63, 3.8) is 0 Å². The van der Waals surface area contributed by atoms with Crippen molar-refractivity contribution in [2.45, 2.75) is 17.7 Å². The number of amides is 2. The van der Waals surface area contributed by atoms with Crippen LogP contribution in [0.4, 0.5) is 11.4 Å². The van der Waals surface area contributed by atoms with Gasteiger partial charge in [0.25, 0.3) is 15.9 Å². The van der Waals surface area contributed by atoms with E-state index in [2.05, 4.69) is 27.9 Å². The Bertz CT molecular complexity index is 1280. The summed E-state index contributed by atoms with van der Waals surface area (Å²) in [6, 6.07) is 21.7. The van der Waals surface area contributed by atoms with E-state index in [4.69, 9.17) is 0 Å². The van der Waals surface area contributed by atoms with Gasteiger partial charge in [0.2, 0.25) is 5.91 Å². The fourth-order valence-corrected chi connectivity index (χ4v) is 5.63. The lowest BCUT2D eigenvalue weighted by molar-refractivity contribution is -0.114. The predicted molar refractivity (Wildman–Crippen MR) is 140 cm³/mol. The van der Waals surface area contributed by atoms with Crippen LogP contribution in [0.15, 0.2) is 83.8 Å². The monoisotopic (exact) mass is 589 g/mol. The van der Waals surface area contributed by atoms with Crippen molar-refractivity contribution >= 4 is 55.8 Å². The van der Waals surface area contributed by atoms with E-state index in [-0.39, 0.29) is 10.8 Å². The molecule has 176 valence electrons. The number of halogens is 1. The molecule has 0 aliphatic carbocycles. The van der Waals surface area contributed by atoms with E-state index in [1.54, 1.807) is 71.6 Å². The molecular formula is C25H24IN3O4S. The van der Waals surface area contributed by atoms with Crippen molar-refractivity contribution in [2.75, 3.05) is 29.3 Å². The smallest absolute Gasteiger partial charge is 0.264 e. The van der Waals surface area contributed by atoms with Crippen LogP contribution in [0.3, 0.4) is 0 Å². The number of rotatable bonds is 7. The maximum absolute atomic E-state index is 13.4. The molecule has 0 radical (unpaired) electrons. The first-order valence-corrected chi connectivity index (χ1v) is 13.4. The highest BCUT2D eigenvalue weighted by Crippen LogP contribution is 2.25. The zero-order chi connectivity index (χ0) is 24.1. The number of likely N-dealkylation sites (tertiary alicyclic amines) is 1. The molecule has 0 bridgehead atoms. The molecule has 1 aliphatic rings. The second-order valence-corrected chi connectivity index (χ2v) is 11.0. The minimum absolute atomic E-state index is 0.0889. The van der Waals surface area contributed by atoms with Crippen LogP contribution >= 0.6 is 22.6 Å². The SMILES string of the molecule is O=C(CN(c1ccc(I)cc1)S(=O)(=O)c1ccccc1)Nc1ccccc1C(=O)N1CCCC1. The van der Waals surface area contributed by atoms with Gasteiger partial charge in [0.05, 0.1) is 21.8 Å². The Kier molecular flexibility index (Phi) is 7.52. The van der Waals surface area contributed by atoms with Gasteiger partial charge in [0.1, 0.15) is 6.54 Å². The third-order valence-corrected chi connectivity index (χ3v) is 8.07. The fraction of sp³-hybridized carbons (Fsp3) is 0.200. The third-order valence-electron chi connectivity index (χ3n) is 5.56. The van der Waals surface area contributed by atoms with Crippen LogP contribution in [0.1, 0.15) is 23.2 Å². The summed E-state index contributed by atoms with van der Waals surface area (Å²) in [6.45, 7) is 0.943. The zero-order valence-corrected chi connectivity index (χ0v) is 21.3. The van der Waals surface area contributed by atoms with Crippen molar-refractivity contribution in [3.8, 4) is 0 Å². The van der Waals surface area contributed by atoms with E-state index in [0.29, 0.717) is 30.0 Å². The van der Waals surface area contributed by atoms with Gasteiger partial charge in [-0.3, -0.25) is 13.9 Å². The Morgan fingerprint density at radius 1 is 0.882 bits per heavy atom. The van der Waals surface area contributed by atoms with Crippen molar-refractivity contribution in [1.82, 2.24) is 4.90 Å². The van der Waals surface area contributed by atoms with Gasteiger partial charge in [-0.2, -0.15) is 0 Å². The molecule has 1 N–H and O–H groups in total. The fourth-order valence-electron chi connectivity index (χ4n) is 3.83. The van der Waals surface area contributed by atoms with Gasteiger partial charge >= 0.3 is 0 Å². The molecule has 0 aromatic heterocycles. The maximum Gasteiger partial charge on any atom is 0.264 e. The Balaban J connectivity index is 1.61. The molecule has 34 heavy (non-hydrogen) atoms. The largest absolute Gasteiger partial charge is 0.339 e. The average molecular weight is 589 g/mol. The zero-order valence-electron chi connectivity index (χ0n) is 18.4. The minimum Gasteiger partial charge on any atom is -0.339 e. The molecule has 0 saturated carbocycles. The van der Waals surface area contributed by atoms with Crippen LogP contribution in [0.2, 0.25) is 0 Å². The number of nitrogens with one attached hydrogen (secondary N) is 1. The van der Waals surface area contributed by atoms with Crippen LogP contribution in [0.25, 0.3) is 0 Å². The number of carbonyl (C=O) groups is 2. The Labute approximate surface area is 213 Å². The van der Waals surface area contributed by atoms with Crippen LogP contribution in [-0.4, -0.2) is 44.8 Å². The van der Waals surface area contributed by atoms with E-state index < -0.39 is 22.5 Å². The standard InChI is InChI=1S/C25H24IN3O4S/c26-19-12-14-20(15-13-19)29(34(32,33)21-8-2-1-3-9-21)18-24(30)27-23-11-5-4-10-22(23)25(31)28-16-6-7-17-28/h1-5,8-15H,6-7,16-18H2,(H,27,30).